The Hall–Kier alpha value is -0.617. The summed E-state index contributed by atoms with van der Waals surface area (Å²) in [6.07, 6.45) is 11.5. The van der Waals surface area contributed by atoms with E-state index in [2.05, 4.69) is 79.3 Å². The molecule has 109 valence electrons. The van der Waals surface area contributed by atoms with Crippen LogP contribution < -0.4 is 24.8 Å². The average molecular weight is 405 g/mol. The zero-order valence-electron chi connectivity index (χ0n) is 11.9. The van der Waals surface area contributed by atoms with E-state index in [9.17, 15) is 0 Å². The molecule has 3 heteroatoms. The molecule has 0 aliphatic heterocycles. The predicted octanol–water partition coefficient (Wildman–Crippen LogP) is -1.18. The van der Waals surface area contributed by atoms with Gasteiger partial charge in [0, 0.05) is 0 Å². The standard InChI is InChI=1S/C19H15.2ClH.Zr/c1-3-7-18-14(5-1)9-11-16(18)13-17-12-10-15-6-2-4-8-19(15)17;;;/h1-13,16-17H;2*1H;/q-1;;;+3/p-2. The number of halogens is 2. The molecule has 0 spiro atoms. The van der Waals surface area contributed by atoms with Gasteiger partial charge >= 0.3 is 26.2 Å². The van der Waals surface area contributed by atoms with Crippen LogP contribution in [0.2, 0.25) is 0 Å². The Kier molecular flexibility index (Phi) is 7.33. The molecule has 1 radical (unpaired) electrons. The van der Waals surface area contributed by atoms with Crippen LogP contribution in [0.15, 0.2) is 60.7 Å². The molecule has 0 fully saturated rings. The first-order valence-corrected chi connectivity index (χ1v) is 6.81. The van der Waals surface area contributed by atoms with Gasteiger partial charge in [0.05, 0.1) is 0 Å². The molecule has 2 aromatic rings. The van der Waals surface area contributed by atoms with Gasteiger partial charge in [0.1, 0.15) is 0 Å². The van der Waals surface area contributed by atoms with Gasteiger partial charge in [-0.25, -0.2) is 0 Å². The third-order valence-electron chi connectivity index (χ3n) is 4.09. The summed E-state index contributed by atoms with van der Waals surface area (Å²) in [5.74, 6) is 0.883. The molecule has 0 nitrogen and oxygen atoms in total. The van der Waals surface area contributed by atoms with Gasteiger partial charge < -0.3 is 31.2 Å². The number of allylic oxidation sites excluding steroid dienone is 2. The van der Waals surface area contributed by atoms with Gasteiger partial charge in [0.15, 0.2) is 0 Å². The maximum Gasteiger partial charge on any atom is 3.00 e. The maximum atomic E-state index is 2.45. The van der Waals surface area contributed by atoms with Crippen LogP contribution in [0.3, 0.4) is 0 Å². The van der Waals surface area contributed by atoms with E-state index < -0.39 is 0 Å². The van der Waals surface area contributed by atoms with Crippen molar-refractivity contribution in [2.75, 3.05) is 0 Å². The van der Waals surface area contributed by atoms with E-state index in [0.29, 0.717) is 11.8 Å². The van der Waals surface area contributed by atoms with Gasteiger partial charge in [-0.2, -0.15) is 0 Å². The summed E-state index contributed by atoms with van der Waals surface area (Å²) < 4.78 is 0. The second-order valence-electron chi connectivity index (χ2n) is 5.22. The van der Waals surface area contributed by atoms with Crippen molar-refractivity contribution in [2.24, 2.45) is 0 Å². The Labute approximate surface area is 163 Å². The van der Waals surface area contributed by atoms with Crippen molar-refractivity contribution in [2.45, 2.75) is 11.8 Å². The number of hydrogen-bond donors (Lipinski definition) is 0. The fourth-order valence-electron chi connectivity index (χ4n) is 3.11. The van der Waals surface area contributed by atoms with Gasteiger partial charge in [0.2, 0.25) is 0 Å². The molecule has 0 aromatic heterocycles. The molecule has 0 heterocycles. The van der Waals surface area contributed by atoms with Gasteiger partial charge in [-0.15, -0.1) is 24.0 Å². The monoisotopic (exact) mass is 403 g/mol. The van der Waals surface area contributed by atoms with Crippen LogP contribution in [0, 0.1) is 6.42 Å². The fourth-order valence-corrected chi connectivity index (χ4v) is 3.11. The minimum Gasteiger partial charge on any atom is -1.00 e. The molecule has 2 aliphatic carbocycles. The van der Waals surface area contributed by atoms with Crippen LogP contribution in [0.1, 0.15) is 34.1 Å². The maximum absolute atomic E-state index is 2.45. The largest absolute Gasteiger partial charge is 3.00 e. The Morgan fingerprint density at radius 1 is 0.636 bits per heavy atom. The average Bonchev–Trinajstić information content (AvgIpc) is 3.05. The quantitative estimate of drug-likeness (QED) is 0.552. The van der Waals surface area contributed by atoms with Gasteiger partial charge in [-0.05, 0) is 11.1 Å². The van der Waals surface area contributed by atoms with E-state index in [1.807, 2.05) is 0 Å². The Balaban J connectivity index is 0.000000807. The van der Waals surface area contributed by atoms with E-state index in [1.165, 1.54) is 22.3 Å². The van der Waals surface area contributed by atoms with Crippen LogP contribution in [0.4, 0.5) is 0 Å². The molecule has 22 heavy (non-hydrogen) atoms. The number of fused-ring (bicyclic) bond motifs is 2. The summed E-state index contributed by atoms with van der Waals surface area (Å²) in [7, 11) is 0. The Morgan fingerprint density at radius 2 is 1.05 bits per heavy atom. The second kappa shape index (κ2) is 8.30. The smallest absolute Gasteiger partial charge is 1.00 e. The zero-order chi connectivity index (χ0) is 12.7. The van der Waals surface area contributed by atoms with Crippen LogP contribution >= 0.6 is 0 Å². The first-order chi connectivity index (χ1) is 9.42. The zero-order valence-corrected chi connectivity index (χ0v) is 15.9. The van der Waals surface area contributed by atoms with Crippen molar-refractivity contribution in [3.63, 3.8) is 0 Å². The molecule has 4 rings (SSSR count). The number of benzene rings is 2. The molecule has 2 atom stereocenters. The van der Waals surface area contributed by atoms with E-state index in [1.54, 1.807) is 0 Å². The third kappa shape index (κ3) is 3.48. The third-order valence-corrected chi connectivity index (χ3v) is 4.09. The summed E-state index contributed by atoms with van der Waals surface area (Å²) in [5, 5.41) is 0. The van der Waals surface area contributed by atoms with Crippen molar-refractivity contribution in [1.29, 1.82) is 0 Å². The second-order valence-corrected chi connectivity index (χ2v) is 5.22. The minimum absolute atomic E-state index is 0. The summed E-state index contributed by atoms with van der Waals surface area (Å²) >= 11 is 0. The van der Waals surface area contributed by atoms with Crippen LogP contribution in [-0.4, -0.2) is 0 Å². The molecule has 0 amide bonds. The van der Waals surface area contributed by atoms with Crippen molar-refractivity contribution < 1.29 is 51.0 Å². The van der Waals surface area contributed by atoms with Crippen LogP contribution in [0.5, 0.6) is 0 Å². The van der Waals surface area contributed by atoms with Crippen molar-refractivity contribution in [3.8, 4) is 0 Å². The molecule has 0 bridgehead atoms. The van der Waals surface area contributed by atoms with E-state index in [4.69, 9.17) is 0 Å². The van der Waals surface area contributed by atoms with E-state index in [-0.39, 0.29) is 51.0 Å². The van der Waals surface area contributed by atoms with Gasteiger partial charge in [-0.3, -0.25) is 0 Å². The molecule has 2 unspecified atom stereocenters. The molecule has 2 aromatic carbocycles. The summed E-state index contributed by atoms with van der Waals surface area (Å²) in [6, 6.07) is 17.3. The number of hydrogen-bond acceptors (Lipinski definition) is 0. The molecule has 0 N–H and O–H groups in total. The van der Waals surface area contributed by atoms with Crippen molar-refractivity contribution >= 4 is 12.2 Å². The van der Waals surface area contributed by atoms with Gasteiger partial charge in [-0.1, -0.05) is 71.8 Å². The molecule has 2 aliphatic rings. The van der Waals surface area contributed by atoms with Crippen molar-refractivity contribution in [1.82, 2.24) is 0 Å². The molecule has 0 saturated heterocycles. The first-order valence-electron chi connectivity index (χ1n) is 6.81. The minimum atomic E-state index is 0. The summed E-state index contributed by atoms with van der Waals surface area (Å²) in [4.78, 5) is 0. The summed E-state index contributed by atoms with van der Waals surface area (Å²) in [6.45, 7) is 0. The summed E-state index contributed by atoms with van der Waals surface area (Å²) in [5.41, 5.74) is 5.58. The van der Waals surface area contributed by atoms with Crippen LogP contribution in [-0.2, 0) is 26.2 Å². The van der Waals surface area contributed by atoms with E-state index >= 15 is 0 Å². The fraction of sp³-hybridized carbons (Fsp3) is 0.105. The van der Waals surface area contributed by atoms with E-state index in [0.717, 1.165) is 0 Å². The van der Waals surface area contributed by atoms with Gasteiger partial charge in [0.25, 0.3) is 0 Å². The Morgan fingerprint density at radius 3 is 1.50 bits per heavy atom. The SMILES string of the molecule is C1=CC([CH-]C2C=Cc3ccccc32)c2ccccc21.[Cl-].[Cl-].[Zr+3]. The number of rotatable bonds is 2. The predicted molar refractivity (Wildman–Crippen MR) is 80.7 cm³/mol. The Bertz CT molecular complexity index is 632. The normalized spacial score (nSPS) is 19.5. The topological polar surface area (TPSA) is 0 Å². The molecule has 0 saturated carbocycles. The molecular weight excluding hydrogens is 390 g/mol. The molecular formula is C19H15Cl2Zr. The first kappa shape index (κ1) is 19.4. The van der Waals surface area contributed by atoms with Crippen LogP contribution in [0.25, 0.3) is 12.2 Å². The van der Waals surface area contributed by atoms with Crippen molar-refractivity contribution in [3.05, 3.63) is 89.4 Å².